The monoisotopic (exact) mass is 320 g/mol. The quantitative estimate of drug-likeness (QED) is 0.374. The lowest BCUT2D eigenvalue weighted by Gasteiger charge is -2.28. The van der Waals surface area contributed by atoms with Crippen molar-refractivity contribution in [1.29, 1.82) is 0 Å². The molecule has 4 saturated heterocycles. The van der Waals surface area contributed by atoms with Gasteiger partial charge in [0, 0.05) is 0 Å². The van der Waals surface area contributed by atoms with E-state index in [-0.39, 0.29) is 6.10 Å². The van der Waals surface area contributed by atoms with E-state index in [9.17, 15) is 9.67 Å². The molecule has 122 valence electrons. The van der Waals surface area contributed by atoms with Crippen molar-refractivity contribution in [3.05, 3.63) is 0 Å². The van der Waals surface area contributed by atoms with E-state index in [0.29, 0.717) is 0 Å². The highest BCUT2D eigenvalue weighted by molar-refractivity contribution is 7.50. The van der Waals surface area contributed by atoms with Crippen molar-refractivity contribution in [2.75, 3.05) is 0 Å². The molecule has 4 heterocycles. The Bertz CT molecular complexity index is 418. The van der Waals surface area contributed by atoms with E-state index in [1.807, 2.05) is 0 Å². The number of hydrogen-bond donors (Lipinski definition) is 1. The van der Waals surface area contributed by atoms with Crippen molar-refractivity contribution in [2.45, 2.75) is 89.0 Å². The van der Waals surface area contributed by atoms with Crippen LogP contribution < -0.4 is 0 Å². The van der Waals surface area contributed by atoms with Crippen molar-refractivity contribution < 1.29 is 28.0 Å². The topological polar surface area (TPSA) is 77.5 Å². The predicted molar refractivity (Wildman–Crippen MR) is 75.3 cm³/mol. The first-order chi connectivity index (χ1) is 10.0. The van der Waals surface area contributed by atoms with Crippen molar-refractivity contribution in [1.82, 2.24) is 0 Å². The van der Waals surface area contributed by atoms with Gasteiger partial charge in [-0.3, -0.25) is 0 Å². The molecule has 0 aromatic carbocycles. The SMILES string of the molecule is CCCCCCCCCCCC1OC12OP1(=O)OC2(O)O1. The number of epoxide rings is 1. The van der Waals surface area contributed by atoms with E-state index in [1.54, 1.807) is 0 Å². The zero-order chi connectivity index (χ0) is 15.0. The van der Waals surface area contributed by atoms with Crippen LogP contribution in [0, 0.1) is 0 Å². The van der Waals surface area contributed by atoms with Gasteiger partial charge in [-0.05, 0) is 6.42 Å². The lowest BCUT2D eigenvalue weighted by molar-refractivity contribution is -0.345. The van der Waals surface area contributed by atoms with Crippen molar-refractivity contribution in [2.24, 2.45) is 0 Å². The molecule has 0 aromatic rings. The molecular weight excluding hydrogens is 295 g/mol. The first-order valence-corrected chi connectivity index (χ1v) is 9.62. The third-order valence-corrected chi connectivity index (χ3v) is 5.85. The van der Waals surface area contributed by atoms with Gasteiger partial charge in [-0.15, -0.1) is 0 Å². The van der Waals surface area contributed by atoms with Crippen molar-refractivity contribution in [3.8, 4) is 0 Å². The van der Waals surface area contributed by atoms with Gasteiger partial charge in [0.05, 0.1) is 0 Å². The highest BCUT2D eigenvalue weighted by Crippen LogP contribution is 2.81. The van der Waals surface area contributed by atoms with Crippen LogP contribution in [0.5, 0.6) is 0 Å². The summed E-state index contributed by atoms with van der Waals surface area (Å²) in [5.74, 6) is -3.25. The third kappa shape index (κ3) is 2.94. The fourth-order valence-electron chi connectivity index (χ4n) is 3.12. The van der Waals surface area contributed by atoms with Gasteiger partial charge in [0.2, 0.25) is 0 Å². The Morgan fingerprint density at radius 1 is 0.952 bits per heavy atom. The number of unbranched alkanes of at least 4 members (excludes halogenated alkanes) is 8. The molecule has 0 amide bonds. The predicted octanol–water partition coefficient (Wildman–Crippen LogP) is 3.83. The average Bonchev–Trinajstić information content (AvgIpc) is 2.97. The Morgan fingerprint density at radius 3 is 2.05 bits per heavy atom. The van der Waals surface area contributed by atoms with Gasteiger partial charge >= 0.3 is 13.8 Å². The van der Waals surface area contributed by atoms with E-state index in [2.05, 4.69) is 6.92 Å². The van der Waals surface area contributed by atoms with Crippen LogP contribution in [0.3, 0.4) is 0 Å². The molecule has 0 radical (unpaired) electrons. The fourth-order valence-corrected chi connectivity index (χ4v) is 4.68. The molecule has 0 aliphatic carbocycles. The molecule has 0 aromatic heterocycles. The molecule has 2 atom stereocenters. The average molecular weight is 320 g/mol. The minimum absolute atomic E-state index is 0.273. The molecule has 4 aliphatic heterocycles. The number of rotatable bonds is 10. The molecule has 6 nitrogen and oxygen atoms in total. The Morgan fingerprint density at radius 2 is 1.52 bits per heavy atom. The molecule has 4 fully saturated rings. The van der Waals surface area contributed by atoms with Crippen LogP contribution in [0.2, 0.25) is 0 Å². The highest BCUT2D eigenvalue weighted by Gasteiger charge is 2.90. The Labute approximate surface area is 125 Å². The number of phosphoric ester groups is 1. The second-order valence-corrected chi connectivity index (χ2v) is 7.64. The van der Waals surface area contributed by atoms with Crippen LogP contribution in [0.25, 0.3) is 0 Å². The zero-order valence-electron chi connectivity index (χ0n) is 12.6. The van der Waals surface area contributed by atoms with Crippen molar-refractivity contribution in [3.63, 3.8) is 0 Å². The summed E-state index contributed by atoms with van der Waals surface area (Å²) in [4.78, 5) is 0. The van der Waals surface area contributed by atoms with E-state index in [1.165, 1.54) is 44.9 Å². The zero-order valence-corrected chi connectivity index (χ0v) is 13.5. The van der Waals surface area contributed by atoms with E-state index in [0.717, 1.165) is 19.3 Å². The molecule has 1 spiro atoms. The van der Waals surface area contributed by atoms with Gasteiger partial charge < -0.3 is 9.84 Å². The summed E-state index contributed by atoms with van der Waals surface area (Å²) in [7, 11) is -3.50. The summed E-state index contributed by atoms with van der Waals surface area (Å²) in [6.45, 7) is 2.23. The van der Waals surface area contributed by atoms with Crippen LogP contribution in [-0.4, -0.2) is 23.0 Å². The maximum atomic E-state index is 11.5. The van der Waals surface area contributed by atoms with E-state index in [4.69, 9.17) is 18.3 Å². The molecule has 2 unspecified atom stereocenters. The Balaban J connectivity index is 1.23. The standard InChI is InChI=1S/C14H25O6P/c1-2-3-4-5-6-7-8-9-10-11-12-13(17-12)14(15)19-21(16,18-13)20-14/h12,15H,2-11H2,1H3. The first-order valence-electron chi connectivity index (χ1n) is 8.16. The van der Waals surface area contributed by atoms with Crippen LogP contribution in [0.15, 0.2) is 0 Å². The number of hydrogen-bond acceptors (Lipinski definition) is 6. The number of aliphatic hydroxyl groups is 1. The normalized spacial score (nSPS) is 43.2. The number of ether oxygens (including phenoxy) is 1. The summed E-state index contributed by atoms with van der Waals surface area (Å²) >= 11 is 0. The summed E-state index contributed by atoms with van der Waals surface area (Å²) in [6.07, 6.45) is 11.8. The van der Waals surface area contributed by atoms with Gasteiger partial charge in [0.25, 0.3) is 5.79 Å². The minimum Gasteiger partial charge on any atom is -0.338 e. The molecule has 4 rings (SSSR count). The third-order valence-electron chi connectivity index (χ3n) is 4.41. The lowest BCUT2D eigenvalue weighted by atomic mass is 10.0. The summed E-state index contributed by atoms with van der Waals surface area (Å²) in [5.41, 5.74) is 0. The minimum atomic E-state index is -3.50. The molecule has 7 heteroatoms. The van der Waals surface area contributed by atoms with Gasteiger partial charge in [0.1, 0.15) is 6.10 Å². The fraction of sp³-hybridized carbons (Fsp3) is 1.00. The summed E-state index contributed by atoms with van der Waals surface area (Å²) in [6, 6.07) is 0. The van der Waals surface area contributed by atoms with Gasteiger partial charge in [-0.25, -0.2) is 18.1 Å². The van der Waals surface area contributed by atoms with Crippen molar-refractivity contribution >= 4 is 7.82 Å². The summed E-state index contributed by atoms with van der Waals surface area (Å²) < 4.78 is 31.5. The van der Waals surface area contributed by atoms with Gasteiger partial charge in [0.15, 0.2) is 0 Å². The molecule has 4 aliphatic rings. The Kier molecular flexibility index (Phi) is 4.48. The van der Waals surface area contributed by atoms with Gasteiger partial charge in [-0.2, -0.15) is 0 Å². The highest BCUT2D eigenvalue weighted by atomic mass is 31.2. The largest absolute Gasteiger partial charge is 0.486 e. The second-order valence-electron chi connectivity index (χ2n) is 6.19. The lowest BCUT2D eigenvalue weighted by Crippen LogP contribution is -2.47. The maximum absolute atomic E-state index is 11.5. The van der Waals surface area contributed by atoms with Crippen LogP contribution in [-0.2, 0) is 22.9 Å². The Hall–Kier alpha value is 0.0300. The molecule has 1 N–H and O–H groups in total. The first kappa shape index (κ1) is 15.9. The van der Waals surface area contributed by atoms with Gasteiger partial charge in [-0.1, -0.05) is 64.7 Å². The van der Waals surface area contributed by atoms with Crippen LogP contribution in [0.4, 0.5) is 0 Å². The smallest absolute Gasteiger partial charge is 0.338 e. The van der Waals surface area contributed by atoms with Crippen LogP contribution >= 0.6 is 7.82 Å². The number of phosphoric acid groups is 1. The summed E-state index contributed by atoms with van der Waals surface area (Å²) in [5, 5.41) is 9.86. The van der Waals surface area contributed by atoms with Crippen LogP contribution in [0.1, 0.15) is 71.1 Å². The van der Waals surface area contributed by atoms with E-state index < -0.39 is 19.6 Å². The second kappa shape index (κ2) is 5.91. The molecular formula is C14H25O6P. The van der Waals surface area contributed by atoms with E-state index >= 15 is 0 Å². The maximum Gasteiger partial charge on any atom is 0.486 e. The molecule has 0 saturated carbocycles. The molecule has 21 heavy (non-hydrogen) atoms. The molecule has 2 bridgehead atoms.